The molecule has 4 rings (SSSR count). The monoisotopic (exact) mass is 460 g/mol. The summed E-state index contributed by atoms with van der Waals surface area (Å²) in [4.78, 5) is 44.2. The van der Waals surface area contributed by atoms with Gasteiger partial charge in [0.15, 0.2) is 0 Å². The van der Waals surface area contributed by atoms with Crippen molar-refractivity contribution in [2.45, 2.75) is 0 Å². The van der Waals surface area contributed by atoms with Gasteiger partial charge < -0.3 is 14.8 Å². The van der Waals surface area contributed by atoms with Crippen LogP contribution in [0.15, 0.2) is 52.1 Å². The Kier molecular flexibility index (Phi) is 5.34. The first-order valence-corrected chi connectivity index (χ1v) is 11.5. The number of sulfonamides is 1. The summed E-state index contributed by atoms with van der Waals surface area (Å²) in [5, 5.41) is 11.7. The normalized spacial score (nSPS) is 14.5. The van der Waals surface area contributed by atoms with Gasteiger partial charge in [-0.3, -0.25) is 14.9 Å². The van der Waals surface area contributed by atoms with Crippen molar-refractivity contribution in [2.75, 3.05) is 47.1 Å². The molecule has 1 aliphatic rings. The minimum absolute atomic E-state index is 0.0492. The van der Waals surface area contributed by atoms with Gasteiger partial charge in [-0.15, -0.1) is 0 Å². The summed E-state index contributed by atoms with van der Waals surface area (Å²) >= 11 is 0. The van der Waals surface area contributed by atoms with Gasteiger partial charge in [0.1, 0.15) is 5.69 Å². The second-order valence-electron chi connectivity index (χ2n) is 7.39. The first-order chi connectivity index (χ1) is 15.1. The maximum atomic E-state index is 12.8. The number of anilines is 2. The smallest absolute Gasteiger partial charge is 0.348 e. The summed E-state index contributed by atoms with van der Waals surface area (Å²) in [7, 11) is -3.91. The molecule has 2 heterocycles. The molecule has 1 aliphatic heterocycles. The van der Waals surface area contributed by atoms with E-state index in [-0.39, 0.29) is 22.3 Å². The number of hydrogen-bond donors (Lipinski definition) is 2. The van der Waals surface area contributed by atoms with Gasteiger partial charge in [-0.05, 0) is 18.2 Å². The largest absolute Gasteiger partial charge is 0.368 e. The van der Waals surface area contributed by atoms with Crippen LogP contribution in [0.1, 0.15) is 0 Å². The molecule has 2 N–H and O–H groups in total. The van der Waals surface area contributed by atoms with E-state index >= 15 is 0 Å². The van der Waals surface area contributed by atoms with Gasteiger partial charge in [0.25, 0.3) is 11.2 Å². The number of rotatable bonds is 5. The maximum absolute atomic E-state index is 12.8. The highest BCUT2D eigenvalue weighted by molar-refractivity contribution is 7.91. The van der Waals surface area contributed by atoms with Crippen molar-refractivity contribution in [3.8, 4) is 0 Å². The van der Waals surface area contributed by atoms with Crippen LogP contribution < -0.4 is 25.9 Å². The molecule has 1 fully saturated rings. The molecule has 1 saturated heterocycles. The molecule has 3 aromatic rings. The van der Waals surface area contributed by atoms with E-state index in [1.165, 1.54) is 6.07 Å². The van der Waals surface area contributed by atoms with Crippen LogP contribution >= 0.6 is 0 Å². The standard InChI is InChI=1S/C19H20N6O6S/c1-32(30,31)21-24-18(26)14-11-16(17(25(28)29)12-15(14)20-19(24)27)23-9-7-22(8-10-23)13-5-3-2-4-6-13/h2-6,11-12,21H,7-10H2,1H3,(H,20,27). The van der Waals surface area contributed by atoms with Crippen LogP contribution in [0, 0.1) is 10.1 Å². The first kappa shape index (κ1) is 21.4. The summed E-state index contributed by atoms with van der Waals surface area (Å²) in [6, 6.07) is 12.2. The third kappa shape index (κ3) is 4.14. The third-order valence-electron chi connectivity index (χ3n) is 5.19. The van der Waals surface area contributed by atoms with Crippen molar-refractivity contribution in [3.63, 3.8) is 0 Å². The molecular weight excluding hydrogens is 440 g/mol. The van der Waals surface area contributed by atoms with Crippen molar-refractivity contribution >= 4 is 38.0 Å². The molecule has 0 amide bonds. The Morgan fingerprint density at radius 3 is 2.25 bits per heavy atom. The molecule has 12 nitrogen and oxygen atoms in total. The lowest BCUT2D eigenvalue weighted by Crippen LogP contribution is -2.47. The van der Waals surface area contributed by atoms with E-state index in [0.29, 0.717) is 30.9 Å². The summed E-state index contributed by atoms with van der Waals surface area (Å²) < 4.78 is 23.4. The molecule has 0 saturated carbocycles. The lowest BCUT2D eigenvalue weighted by Gasteiger charge is -2.37. The summed E-state index contributed by atoms with van der Waals surface area (Å²) in [5.74, 6) is 0. The number of aromatic nitrogens is 2. The molecule has 13 heteroatoms. The number of nitrogens with zero attached hydrogens (tertiary/aromatic N) is 4. The third-order valence-corrected chi connectivity index (χ3v) is 5.70. The summed E-state index contributed by atoms with van der Waals surface area (Å²) in [6.07, 6.45) is 0.802. The van der Waals surface area contributed by atoms with E-state index < -0.39 is 26.2 Å². The molecule has 0 spiro atoms. The van der Waals surface area contributed by atoms with Crippen molar-refractivity contribution in [3.05, 3.63) is 73.4 Å². The molecule has 0 atom stereocenters. The zero-order chi connectivity index (χ0) is 23.0. The topological polar surface area (TPSA) is 151 Å². The average molecular weight is 460 g/mol. The van der Waals surface area contributed by atoms with Gasteiger partial charge in [0.05, 0.1) is 22.1 Å². The Hall–Kier alpha value is -3.87. The lowest BCUT2D eigenvalue weighted by molar-refractivity contribution is -0.384. The molecular formula is C19H20N6O6S. The number of H-pyrrole nitrogens is 1. The fourth-order valence-electron chi connectivity index (χ4n) is 3.73. The van der Waals surface area contributed by atoms with E-state index in [1.54, 1.807) is 4.90 Å². The first-order valence-electron chi connectivity index (χ1n) is 9.64. The zero-order valence-corrected chi connectivity index (χ0v) is 17.8. The number of para-hydroxylation sites is 1. The van der Waals surface area contributed by atoms with Crippen LogP contribution in [-0.4, -0.2) is 55.4 Å². The molecule has 0 bridgehead atoms. The summed E-state index contributed by atoms with van der Waals surface area (Å²) in [5.41, 5.74) is -1.00. The molecule has 1 aromatic heterocycles. The number of nitrogens with one attached hydrogen (secondary N) is 2. The van der Waals surface area contributed by atoms with Crippen LogP contribution in [0.4, 0.5) is 17.1 Å². The van der Waals surface area contributed by atoms with Gasteiger partial charge in [0.2, 0.25) is 10.0 Å². The minimum Gasteiger partial charge on any atom is -0.368 e. The molecule has 0 aliphatic carbocycles. The van der Waals surface area contributed by atoms with Crippen LogP contribution in [0.3, 0.4) is 0 Å². The Labute approximate surface area is 181 Å². The second kappa shape index (κ2) is 8.00. The van der Waals surface area contributed by atoms with Gasteiger partial charge in [0, 0.05) is 37.9 Å². The fourth-order valence-corrected chi connectivity index (χ4v) is 4.23. The van der Waals surface area contributed by atoms with Gasteiger partial charge in [-0.2, -0.15) is 4.68 Å². The van der Waals surface area contributed by atoms with Crippen molar-refractivity contribution in [1.29, 1.82) is 0 Å². The molecule has 32 heavy (non-hydrogen) atoms. The van der Waals surface area contributed by atoms with E-state index in [2.05, 4.69) is 9.88 Å². The molecule has 2 aromatic carbocycles. The average Bonchev–Trinajstić information content (AvgIpc) is 2.76. The van der Waals surface area contributed by atoms with E-state index in [0.717, 1.165) is 18.0 Å². The Bertz CT molecular complexity index is 1410. The van der Waals surface area contributed by atoms with Crippen molar-refractivity contribution < 1.29 is 13.3 Å². The molecule has 0 radical (unpaired) electrons. The van der Waals surface area contributed by atoms with E-state index in [4.69, 9.17) is 0 Å². The quantitative estimate of drug-likeness (QED) is 0.411. The molecule has 168 valence electrons. The van der Waals surface area contributed by atoms with Crippen LogP contribution in [0.5, 0.6) is 0 Å². The van der Waals surface area contributed by atoms with Gasteiger partial charge in [-0.25, -0.2) is 18.0 Å². The Balaban J connectivity index is 1.75. The number of hydrogen-bond acceptors (Lipinski definition) is 8. The van der Waals surface area contributed by atoms with Crippen molar-refractivity contribution in [1.82, 2.24) is 9.66 Å². The van der Waals surface area contributed by atoms with E-state index in [1.807, 2.05) is 35.2 Å². The Morgan fingerprint density at radius 2 is 1.66 bits per heavy atom. The summed E-state index contributed by atoms with van der Waals surface area (Å²) in [6.45, 7) is 2.18. The zero-order valence-electron chi connectivity index (χ0n) is 17.0. The highest BCUT2D eigenvalue weighted by Gasteiger charge is 2.26. The van der Waals surface area contributed by atoms with Crippen LogP contribution in [-0.2, 0) is 10.0 Å². The number of nitro groups is 1. The predicted octanol–water partition coefficient (Wildman–Crippen LogP) is 0.428. The molecule has 0 unspecified atom stereocenters. The van der Waals surface area contributed by atoms with E-state index in [9.17, 15) is 28.1 Å². The highest BCUT2D eigenvalue weighted by Crippen LogP contribution is 2.32. The maximum Gasteiger partial charge on any atom is 0.348 e. The minimum atomic E-state index is -3.91. The number of benzene rings is 2. The lowest BCUT2D eigenvalue weighted by atomic mass is 10.1. The number of fused-ring (bicyclic) bond motifs is 1. The second-order valence-corrected chi connectivity index (χ2v) is 9.11. The Morgan fingerprint density at radius 1 is 1.03 bits per heavy atom. The van der Waals surface area contributed by atoms with Crippen LogP contribution in [0.25, 0.3) is 10.9 Å². The fraction of sp³-hybridized carbons (Fsp3) is 0.263. The number of nitro benzene ring substituents is 1. The van der Waals surface area contributed by atoms with Crippen LogP contribution in [0.2, 0.25) is 0 Å². The van der Waals surface area contributed by atoms with Crippen molar-refractivity contribution in [2.24, 2.45) is 0 Å². The number of piperazine rings is 1. The number of aromatic amines is 1. The highest BCUT2D eigenvalue weighted by atomic mass is 32.2. The SMILES string of the molecule is CS(=O)(=O)Nn1c(=O)[nH]c2cc([N+](=O)[O-])c(N3CCN(c4ccccc4)CC3)cc2c1=O. The van der Waals surface area contributed by atoms with Gasteiger partial charge >= 0.3 is 5.69 Å². The van der Waals surface area contributed by atoms with Gasteiger partial charge in [-0.1, -0.05) is 18.2 Å². The predicted molar refractivity (Wildman–Crippen MR) is 121 cm³/mol.